The van der Waals surface area contributed by atoms with Crippen molar-refractivity contribution in [2.75, 3.05) is 6.79 Å². The Labute approximate surface area is 219 Å². The molecule has 0 aliphatic carbocycles. The van der Waals surface area contributed by atoms with E-state index < -0.39 is 0 Å². The Morgan fingerprint density at radius 3 is 1.53 bits per heavy atom. The van der Waals surface area contributed by atoms with Gasteiger partial charge in [0.15, 0.2) is 23.0 Å². The second-order valence-electron chi connectivity index (χ2n) is 5.80. The van der Waals surface area contributed by atoms with E-state index >= 15 is 0 Å². The Hall–Kier alpha value is -1.88. The number of phenols is 2. The molecule has 2 radical (unpaired) electrons. The minimum absolute atomic E-state index is 0. The molecule has 7 nitrogen and oxygen atoms in total. The van der Waals surface area contributed by atoms with Gasteiger partial charge in [-0.05, 0) is 36.4 Å². The number of nitrogens with zero attached hydrogens (tertiary/aromatic N) is 2. The molecule has 0 unspecified atom stereocenters. The van der Waals surface area contributed by atoms with Crippen LogP contribution in [0.25, 0.3) is 0 Å². The van der Waals surface area contributed by atoms with Gasteiger partial charge in [0.2, 0.25) is 6.79 Å². The Morgan fingerprint density at radius 1 is 0.667 bits per heavy atom. The summed E-state index contributed by atoms with van der Waals surface area (Å²) >= 11 is 0. The summed E-state index contributed by atoms with van der Waals surface area (Å²) in [5.74, 6) is 0.431. The van der Waals surface area contributed by atoms with Gasteiger partial charge in [-0.2, -0.15) is 0 Å². The number of rotatable bonds is 0. The zero-order valence-electron chi connectivity index (χ0n) is 15.7. The van der Waals surface area contributed by atoms with Gasteiger partial charge < -0.3 is 25.2 Å². The number of phenolic OH excluding ortho intramolecular Hbond substituents is 2. The summed E-state index contributed by atoms with van der Waals surface area (Å²) in [6.45, 7) is -0.178. The first kappa shape index (κ1) is 26.2. The molecule has 1 aliphatic rings. The number of ether oxygens (including phenoxy) is 2. The molecule has 4 rings (SSSR count). The third kappa shape index (κ3) is 5.84. The first-order valence-electron chi connectivity index (χ1n) is 8.29. The number of aromatic hydroxyl groups is 2. The summed E-state index contributed by atoms with van der Waals surface area (Å²) in [6.07, 6.45) is 3.10. The van der Waals surface area contributed by atoms with Crippen molar-refractivity contribution in [1.29, 1.82) is 0 Å². The van der Waals surface area contributed by atoms with Gasteiger partial charge in [0, 0.05) is 84.7 Å². The Kier molecular flexibility index (Phi) is 10.5. The molecule has 0 atom stereocenters. The SMILES string of the molecule is O.Oc1c2cccc1OCOc1cccc(c1O)C=Nc1ccccc1N=C2.[Ac].[Mn]. The van der Waals surface area contributed by atoms with Crippen molar-refractivity contribution in [3.63, 3.8) is 0 Å². The molecule has 0 saturated heterocycles. The van der Waals surface area contributed by atoms with Crippen molar-refractivity contribution in [3.05, 3.63) is 71.8 Å². The van der Waals surface area contributed by atoms with Crippen LogP contribution in [0.4, 0.5) is 11.4 Å². The van der Waals surface area contributed by atoms with Gasteiger partial charge in [-0.25, -0.2) is 0 Å². The molecule has 152 valence electrons. The molecule has 0 amide bonds. The predicted molar refractivity (Wildman–Crippen MR) is 107 cm³/mol. The zero-order valence-corrected chi connectivity index (χ0v) is 21.6. The number of hydrogen-bond donors (Lipinski definition) is 2. The molecule has 4 N–H and O–H groups in total. The zero-order chi connectivity index (χ0) is 18.6. The van der Waals surface area contributed by atoms with E-state index in [-0.39, 0.29) is 96.4 Å². The standard InChI is InChI=1S/C21H16N2O4.Ac.Mn.H2O/c24-20-14-5-3-9-18(20)26-13-27-19-10-4-6-15(21(19)25)12-23-17-8-2-1-7-16(17)22-11-14;;;/h1-12,24-25H,13H2;;;1H2. The summed E-state index contributed by atoms with van der Waals surface area (Å²) in [6, 6.07) is 17.5. The van der Waals surface area contributed by atoms with E-state index in [2.05, 4.69) is 9.98 Å². The maximum Gasteiger partial charge on any atom is 0.231 e. The van der Waals surface area contributed by atoms with Gasteiger partial charge in [0.1, 0.15) is 0 Å². The van der Waals surface area contributed by atoms with Crippen molar-refractivity contribution < 1.29 is 86.3 Å². The third-order valence-corrected chi connectivity index (χ3v) is 4.06. The van der Waals surface area contributed by atoms with E-state index in [1.54, 1.807) is 48.8 Å². The smallest absolute Gasteiger partial charge is 0.231 e. The fourth-order valence-electron chi connectivity index (χ4n) is 2.64. The van der Waals surface area contributed by atoms with Crippen molar-refractivity contribution in [3.8, 4) is 23.0 Å². The van der Waals surface area contributed by atoms with Gasteiger partial charge in [-0.15, -0.1) is 0 Å². The molecular formula is C21H18AcMnN2O5. The Balaban J connectivity index is 0.00000150. The monoisotopic (exact) mass is 660 g/mol. The van der Waals surface area contributed by atoms with E-state index in [9.17, 15) is 10.2 Å². The minimum atomic E-state index is -0.178. The summed E-state index contributed by atoms with van der Waals surface area (Å²) in [5, 5.41) is 20.8. The van der Waals surface area contributed by atoms with Gasteiger partial charge in [0.05, 0.1) is 11.4 Å². The van der Waals surface area contributed by atoms with E-state index in [0.717, 1.165) is 0 Å². The van der Waals surface area contributed by atoms with E-state index in [0.29, 0.717) is 22.5 Å². The van der Waals surface area contributed by atoms with Crippen molar-refractivity contribution in [1.82, 2.24) is 0 Å². The molecule has 30 heavy (non-hydrogen) atoms. The molecule has 1 heterocycles. The fourth-order valence-corrected chi connectivity index (χ4v) is 2.64. The number of para-hydroxylation sites is 4. The molecule has 0 fully saturated rings. The predicted octanol–water partition coefficient (Wildman–Crippen LogP) is 3.50. The normalized spacial score (nSPS) is 11.6. The van der Waals surface area contributed by atoms with Crippen LogP contribution in [0.15, 0.2) is 70.6 Å². The maximum absolute atomic E-state index is 10.4. The van der Waals surface area contributed by atoms with Gasteiger partial charge in [-0.1, -0.05) is 24.3 Å². The van der Waals surface area contributed by atoms with Crippen molar-refractivity contribution >= 4 is 23.8 Å². The molecular weight excluding hydrogens is 642 g/mol. The van der Waals surface area contributed by atoms with Crippen LogP contribution in [-0.4, -0.2) is 34.9 Å². The van der Waals surface area contributed by atoms with Crippen LogP contribution in [0.1, 0.15) is 11.1 Å². The quantitative estimate of drug-likeness (QED) is 0.360. The van der Waals surface area contributed by atoms with E-state index in [1.165, 1.54) is 0 Å². The molecule has 1 aliphatic heterocycles. The van der Waals surface area contributed by atoms with Crippen LogP contribution in [-0.2, 0) is 17.1 Å². The molecule has 0 spiro atoms. The topological polar surface area (TPSA) is 115 Å². The van der Waals surface area contributed by atoms with E-state index in [4.69, 9.17) is 9.47 Å². The van der Waals surface area contributed by atoms with Crippen LogP contribution in [0, 0.1) is 44.1 Å². The Bertz CT molecular complexity index is 977. The van der Waals surface area contributed by atoms with Crippen LogP contribution >= 0.6 is 0 Å². The summed E-state index contributed by atoms with van der Waals surface area (Å²) in [7, 11) is 0. The summed E-state index contributed by atoms with van der Waals surface area (Å²) in [4.78, 5) is 8.88. The molecule has 3 aromatic carbocycles. The van der Waals surface area contributed by atoms with Crippen LogP contribution in [0.3, 0.4) is 0 Å². The molecule has 9 heteroatoms. The average Bonchev–Trinajstić information content (AvgIpc) is 2.69. The Morgan fingerprint density at radius 2 is 1.10 bits per heavy atom. The van der Waals surface area contributed by atoms with Gasteiger partial charge in [0.25, 0.3) is 0 Å². The second-order valence-corrected chi connectivity index (χ2v) is 5.80. The molecule has 3 aromatic rings. The first-order valence-corrected chi connectivity index (χ1v) is 8.29. The minimum Gasteiger partial charge on any atom is -0.504 e. The number of fused-ring (bicyclic) bond motifs is 5. The third-order valence-electron chi connectivity index (χ3n) is 4.06. The first-order chi connectivity index (χ1) is 13.2. The van der Waals surface area contributed by atoms with Gasteiger partial charge in [-0.3, -0.25) is 9.98 Å². The number of aliphatic imine (C=N–C) groups is 2. The molecule has 0 saturated carbocycles. The van der Waals surface area contributed by atoms with Crippen LogP contribution < -0.4 is 9.47 Å². The van der Waals surface area contributed by atoms with E-state index in [1.807, 2.05) is 24.3 Å². The average molecular weight is 660 g/mol. The largest absolute Gasteiger partial charge is 0.504 e. The summed E-state index contributed by atoms with van der Waals surface area (Å²) in [5.41, 5.74) is 2.26. The fraction of sp³-hybridized carbons (Fsp3) is 0.0476. The second kappa shape index (κ2) is 12.1. The van der Waals surface area contributed by atoms with Crippen molar-refractivity contribution in [2.45, 2.75) is 0 Å². The van der Waals surface area contributed by atoms with Crippen LogP contribution in [0.2, 0.25) is 0 Å². The van der Waals surface area contributed by atoms with Crippen LogP contribution in [0.5, 0.6) is 23.0 Å². The van der Waals surface area contributed by atoms with Crippen molar-refractivity contribution in [2.24, 2.45) is 9.98 Å². The molecule has 4 bridgehead atoms. The van der Waals surface area contributed by atoms with Gasteiger partial charge >= 0.3 is 0 Å². The number of hydrogen-bond acceptors (Lipinski definition) is 6. The molecule has 0 aromatic heterocycles. The number of benzene rings is 3. The maximum atomic E-state index is 10.4. The summed E-state index contributed by atoms with van der Waals surface area (Å²) < 4.78 is 11.0.